The van der Waals surface area contributed by atoms with Crippen LogP contribution in [-0.2, 0) is 0 Å². The van der Waals surface area contributed by atoms with Gasteiger partial charge >= 0.3 is 0 Å². The predicted octanol–water partition coefficient (Wildman–Crippen LogP) is 2.58. The molecule has 4 heteroatoms. The van der Waals surface area contributed by atoms with E-state index >= 15 is 0 Å². The van der Waals surface area contributed by atoms with Crippen molar-refractivity contribution >= 4 is 32.9 Å². The summed E-state index contributed by atoms with van der Waals surface area (Å²) in [7, 11) is 2.19. The maximum atomic E-state index is 4.59. The summed E-state index contributed by atoms with van der Waals surface area (Å²) >= 11 is 5.44. The first kappa shape index (κ1) is 10.8. The smallest absolute Gasteiger partial charge is 0.159 e. The zero-order valence-electron chi connectivity index (χ0n) is 8.74. The van der Waals surface area contributed by atoms with Crippen LogP contribution in [0.25, 0.3) is 0 Å². The standard InChI is InChI=1S/C10H17BrN2S/c1-7(8-3-4-8)13(2)10-12-6-9(5-11)14-10/h7-9H,3-6H2,1-2H3. The van der Waals surface area contributed by atoms with Crippen molar-refractivity contribution in [1.29, 1.82) is 0 Å². The normalized spacial score (nSPS) is 28.8. The maximum Gasteiger partial charge on any atom is 0.159 e. The molecule has 2 atom stereocenters. The maximum absolute atomic E-state index is 4.59. The highest BCUT2D eigenvalue weighted by molar-refractivity contribution is 9.09. The van der Waals surface area contributed by atoms with Gasteiger partial charge in [0.05, 0.1) is 6.54 Å². The molecule has 1 fully saturated rings. The number of aliphatic imine (C=N–C) groups is 1. The second-order valence-electron chi connectivity index (χ2n) is 4.21. The Morgan fingerprint density at radius 2 is 2.36 bits per heavy atom. The van der Waals surface area contributed by atoms with E-state index in [2.05, 4.69) is 39.8 Å². The average molecular weight is 277 g/mol. The minimum atomic E-state index is 0.652. The first-order valence-corrected chi connectivity index (χ1v) is 7.22. The van der Waals surface area contributed by atoms with Crippen LogP contribution in [-0.4, -0.2) is 40.3 Å². The van der Waals surface area contributed by atoms with Crippen molar-refractivity contribution in [2.75, 3.05) is 18.9 Å². The molecule has 0 aromatic rings. The van der Waals surface area contributed by atoms with Crippen LogP contribution in [0.4, 0.5) is 0 Å². The van der Waals surface area contributed by atoms with Gasteiger partial charge in [0.1, 0.15) is 0 Å². The lowest BCUT2D eigenvalue weighted by atomic mass is 10.2. The molecule has 0 bridgehead atoms. The molecule has 0 aromatic heterocycles. The van der Waals surface area contributed by atoms with Gasteiger partial charge in [0.25, 0.3) is 0 Å². The molecular weight excluding hydrogens is 260 g/mol. The van der Waals surface area contributed by atoms with Crippen LogP contribution in [0.3, 0.4) is 0 Å². The van der Waals surface area contributed by atoms with Gasteiger partial charge in [0, 0.05) is 23.7 Å². The molecule has 2 nitrogen and oxygen atoms in total. The van der Waals surface area contributed by atoms with Crippen LogP contribution < -0.4 is 0 Å². The molecule has 1 heterocycles. The minimum Gasteiger partial charge on any atom is -0.352 e. The Balaban J connectivity index is 1.88. The molecule has 0 N–H and O–H groups in total. The van der Waals surface area contributed by atoms with Crippen molar-refractivity contribution in [2.24, 2.45) is 10.9 Å². The number of hydrogen-bond acceptors (Lipinski definition) is 3. The molecule has 0 radical (unpaired) electrons. The molecule has 0 saturated heterocycles. The highest BCUT2D eigenvalue weighted by Crippen LogP contribution is 2.36. The molecule has 1 aliphatic heterocycles. The van der Waals surface area contributed by atoms with Crippen molar-refractivity contribution < 1.29 is 0 Å². The fourth-order valence-corrected chi connectivity index (χ4v) is 3.34. The first-order valence-electron chi connectivity index (χ1n) is 5.22. The molecule has 2 aliphatic rings. The SMILES string of the molecule is CC(C1CC1)N(C)C1=NCC(CBr)S1. The summed E-state index contributed by atoms with van der Waals surface area (Å²) in [4.78, 5) is 6.96. The molecule has 80 valence electrons. The fraction of sp³-hybridized carbons (Fsp3) is 0.900. The van der Waals surface area contributed by atoms with E-state index in [1.807, 2.05) is 11.8 Å². The number of halogens is 1. The monoisotopic (exact) mass is 276 g/mol. The number of hydrogen-bond donors (Lipinski definition) is 0. The van der Waals surface area contributed by atoms with Crippen LogP contribution in [0.5, 0.6) is 0 Å². The van der Waals surface area contributed by atoms with Gasteiger partial charge in [-0.15, -0.1) is 0 Å². The molecule has 1 saturated carbocycles. The van der Waals surface area contributed by atoms with E-state index in [0.29, 0.717) is 11.3 Å². The molecule has 0 spiro atoms. The highest BCUT2D eigenvalue weighted by atomic mass is 79.9. The first-order chi connectivity index (χ1) is 6.72. The zero-order chi connectivity index (χ0) is 10.1. The lowest BCUT2D eigenvalue weighted by Gasteiger charge is -2.26. The van der Waals surface area contributed by atoms with Crippen LogP contribution in [0.2, 0.25) is 0 Å². The molecule has 1 aliphatic carbocycles. The van der Waals surface area contributed by atoms with Crippen LogP contribution in [0, 0.1) is 5.92 Å². The number of thioether (sulfide) groups is 1. The van der Waals surface area contributed by atoms with Crippen molar-refractivity contribution in [1.82, 2.24) is 4.90 Å². The fourth-order valence-electron chi connectivity index (χ4n) is 1.75. The summed E-state index contributed by atoms with van der Waals surface area (Å²) in [5.74, 6) is 0.923. The Hall–Kier alpha value is 0.300. The van der Waals surface area contributed by atoms with Crippen molar-refractivity contribution in [3.63, 3.8) is 0 Å². The van der Waals surface area contributed by atoms with Gasteiger partial charge in [-0.25, -0.2) is 0 Å². The van der Waals surface area contributed by atoms with Gasteiger partial charge in [-0.3, -0.25) is 4.99 Å². The molecule has 0 amide bonds. The molecular formula is C10H17BrN2S. The van der Waals surface area contributed by atoms with E-state index in [1.54, 1.807) is 0 Å². The number of amidine groups is 1. The summed E-state index contributed by atoms with van der Waals surface area (Å²) in [5.41, 5.74) is 0. The van der Waals surface area contributed by atoms with Gasteiger partial charge in [0.15, 0.2) is 5.17 Å². The summed E-state index contributed by atoms with van der Waals surface area (Å²) in [6, 6.07) is 0.676. The third kappa shape index (κ3) is 2.27. The molecule has 2 rings (SSSR count). The third-order valence-corrected chi connectivity index (χ3v) is 5.58. The Bertz CT molecular complexity index is 240. The van der Waals surface area contributed by atoms with E-state index in [4.69, 9.17) is 0 Å². The van der Waals surface area contributed by atoms with Crippen molar-refractivity contribution in [3.8, 4) is 0 Å². The van der Waals surface area contributed by atoms with Crippen LogP contribution in [0.15, 0.2) is 4.99 Å². The quantitative estimate of drug-likeness (QED) is 0.737. The summed E-state index contributed by atoms with van der Waals surface area (Å²) in [6.07, 6.45) is 2.82. The largest absolute Gasteiger partial charge is 0.352 e. The average Bonchev–Trinajstić information content (AvgIpc) is 2.94. The second kappa shape index (κ2) is 4.44. The van der Waals surface area contributed by atoms with Crippen LogP contribution in [0.1, 0.15) is 19.8 Å². The Morgan fingerprint density at radius 1 is 1.64 bits per heavy atom. The number of rotatable bonds is 3. The van der Waals surface area contributed by atoms with Gasteiger partial charge in [-0.2, -0.15) is 0 Å². The molecule has 2 unspecified atom stereocenters. The van der Waals surface area contributed by atoms with Crippen molar-refractivity contribution in [2.45, 2.75) is 31.1 Å². The molecule has 14 heavy (non-hydrogen) atoms. The summed E-state index contributed by atoms with van der Waals surface area (Å²) in [6.45, 7) is 3.30. The third-order valence-electron chi connectivity index (χ3n) is 3.09. The Morgan fingerprint density at radius 3 is 2.86 bits per heavy atom. The second-order valence-corrected chi connectivity index (χ2v) is 6.12. The topological polar surface area (TPSA) is 15.6 Å². The van der Waals surface area contributed by atoms with E-state index < -0.39 is 0 Å². The summed E-state index contributed by atoms with van der Waals surface area (Å²) < 4.78 is 0. The van der Waals surface area contributed by atoms with Gasteiger partial charge < -0.3 is 4.90 Å². The lowest BCUT2D eigenvalue weighted by molar-refractivity contribution is 0.359. The molecule has 0 aromatic carbocycles. The van der Waals surface area contributed by atoms with Crippen LogP contribution >= 0.6 is 27.7 Å². The zero-order valence-corrected chi connectivity index (χ0v) is 11.1. The van der Waals surface area contributed by atoms with Gasteiger partial charge in [-0.1, -0.05) is 27.7 Å². The van der Waals surface area contributed by atoms with E-state index in [0.717, 1.165) is 17.8 Å². The van der Waals surface area contributed by atoms with E-state index in [1.165, 1.54) is 18.0 Å². The van der Waals surface area contributed by atoms with Crippen molar-refractivity contribution in [3.05, 3.63) is 0 Å². The number of nitrogens with zero attached hydrogens (tertiary/aromatic N) is 2. The van der Waals surface area contributed by atoms with Gasteiger partial charge in [0.2, 0.25) is 0 Å². The summed E-state index contributed by atoms with van der Waals surface area (Å²) in [5, 5.41) is 2.95. The van der Waals surface area contributed by atoms with Gasteiger partial charge in [-0.05, 0) is 25.7 Å². The highest BCUT2D eigenvalue weighted by Gasteiger charge is 2.33. The lowest BCUT2D eigenvalue weighted by Crippen LogP contribution is -2.34. The number of alkyl halides is 1. The predicted molar refractivity (Wildman–Crippen MR) is 67.4 cm³/mol. The minimum absolute atomic E-state index is 0.652. The van der Waals surface area contributed by atoms with E-state index in [-0.39, 0.29) is 0 Å². The Labute approximate surface area is 98.7 Å². The Kier molecular flexibility index (Phi) is 3.42. The van der Waals surface area contributed by atoms with E-state index in [9.17, 15) is 0 Å².